The highest BCUT2D eigenvalue weighted by Gasteiger charge is 2.23. The fourth-order valence-corrected chi connectivity index (χ4v) is 4.70. The molecule has 0 unspecified atom stereocenters. The molecule has 3 amide bonds. The number of halogens is 1. The van der Waals surface area contributed by atoms with Gasteiger partial charge in [-0.3, -0.25) is 24.8 Å². The Morgan fingerprint density at radius 2 is 1.50 bits per heavy atom. The molecule has 0 saturated carbocycles. The standard InChI is InChI=1S/C15H10ClN3O3.C15H12N2O/c16-12-4-2-1-3-10(12)15-11-7-9(19(21)22)5-6-13(11)18-14(20)8-17-15;16-15(18)17-13-7-3-1-5-11(13)9-10-12-6-2-4-8-14(12)17/h1-7H,8H2,(H,18,20);1-10H,(H2,16,18). The van der Waals surface area contributed by atoms with Crippen molar-refractivity contribution >= 4 is 64.2 Å². The van der Waals surface area contributed by atoms with E-state index in [0.29, 0.717) is 27.5 Å². The minimum Gasteiger partial charge on any atom is -0.351 e. The molecule has 10 heteroatoms. The van der Waals surface area contributed by atoms with E-state index in [1.807, 2.05) is 60.7 Å². The average Bonchev–Trinajstić information content (AvgIpc) is 3.22. The smallest absolute Gasteiger partial charge is 0.323 e. The summed E-state index contributed by atoms with van der Waals surface area (Å²) in [6.07, 6.45) is 3.99. The van der Waals surface area contributed by atoms with Crippen LogP contribution in [0.5, 0.6) is 0 Å². The summed E-state index contributed by atoms with van der Waals surface area (Å²) in [5.74, 6) is -0.280. The number of primary amides is 1. The van der Waals surface area contributed by atoms with E-state index in [-0.39, 0.29) is 18.1 Å². The van der Waals surface area contributed by atoms with Crippen LogP contribution in [0, 0.1) is 10.1 Å². The Kier molecular flexibility index (Phi) is 7.39. The van der Waals surface area contributed by atoms with Crippen LogP contribution in [0.15, 0.2) is 96.0 Å². The number of benzodiazepines with no additional fused rings is 1. The second-order valence-electron chi connectivity index (χ2n) is 8.80. The first-order valence-electron chi connectivity index (χ1n) is 12.2. The van der Waals surface area contributed by atoms with E-state index in [9.17, 15) is 19.7 Å². The lowest BCUT2D eigenvalue weighted by molar-refractivity contribution is -0.384. The number of para-hydroxylation sites is 2. The maximum atomic E-state index is 11.8. The van der Waals surface area contributed by atoms with Crippen molar-refractivity contribution in [2.45, 2.75) is 0 Å². The monoisotopic (exact) mass is 551 g/mol. The summed E-state index contributed by atoms with van der Waals surface area (Å²) in [6, 6.07) is 26.2. The molecule has 0 atom stereocenters. The summed E-state index contributed by atoms with van der Waals surface area (Å²) in [5.41, 5.74) is 11.1. The number of carbonyl (C=O) groups is 2. The minimum atomic E-state index is -0.489. The van der Waals surface area contributed by atoms with Crippen molar-refractivity contribution in [3.63, 3.8) is 0 Å². The molecule has 0 saturated heterocycles. The zero-order chi connectivity index (χ0) is 28.2. The number of hydrogen-bond acceptors (Lipinski definition) is 5. The van der Waals surface area contributed by atoms with E-state index < -0.39 is 11.0 Å². The molecule has 0 radical (unpaired) electrons. The third kappa shape index (κ3) is 5.31. The van der Waals surface area contributed by atoms with Gasteiger partial charge in [-0.25, -0.2) is 4.79 Å². The number of non-ortho nitro benzene ring substituents is 1. The largest absolute Gasteiger partial charge is 0.351 e. The number of anilines is 3. The van der Waals surface area contributed by atoms with E-state index in [4.69, 9.17) is 17.3 Å². The van der Waals surface area contributed by atoms with Crippen molar-refractivity contribution in [2.24, 2.45) is 10.7 Å². The van der Waals surface area contributed by atoms with Crippen molar-refractivity contribution in [2.75, 3.05) is 16.8 Å². The number of amides is 3. The van der Waals surface area contributed by atoms with Crippen LogP contribution in [0.3, 0.4) is 0 Å². The Morgan fingerprint density at radius 3 is 2.10 bits per heavy atom. The van der Waals surface area contributed by atoms with Gasteiger partial charge in [-0.2, -0.15) is 0 Å². The number of nitrogens with one attached hydrogen (secondary N) is 1. The molecule has 0 aliphatic carbocycles. The van der Waals surface area contributed by atoms with E-state index in [1.54, 1.807) is 29.2 Å². The Hall–Kier alpha value is -5.28. The van der Waals surface area contributed by atoms with Crippen LogP contribution in [0.2, 0.25) is 5.02 Å². The number of urea groups is 1. The quantitative estimate of drug-likeness (QED) is 0.219. The normalized spacial score (nSPS) is 13.2. The van der Waals surface area contributed by atoms with Crippen LogP contribution in [-0.4, -0.2) is 29.1 Å². The maximum Gasteiger partial charge on any atom is 0.323 e. The minimum absolute atomic E-state index is 0.0664. The highest BCUT2D eigenvalue weighted by atomic mass is 35.5. The van der Waals surface area contributed by atoms with Gasteiger partial charge in [-0.1, -0.05) is 78.4 Å². The number of benzene rings is 4. The highest BCUT2D eigenvalue weighted by molar-refractivity contribution is 6.36. The Labute approximate surface area is 234 Å². The summed E-state index contributed by atoms with van der Waals surface area (Å²) in [5, 5.41) is 14.2. The molecule has 4 aromatic rings. The molecule has 40 heavy (non-hydrogen) atoms. The number of carbonyl (C=O) groups excluding carboxylic acids is 2. The summed E-state index contributed by atoms with van der Waals surface area (Å²) < 4.78 is 0. The maximum absolute atomic E-state index is 11.8. The van der Waals surface area contributed by atoms with E-state index in [2.05, 4.69) is 10.3 Å². The highest BCUT2D eigenvalue weighted by Crippen LogP contribution is 2.35. The topological polar surface area (TPSA) is 131 Å². The van der Waals surface area contributed by atoms with Crippen molar-refractivity contribution in [1.82, 2.24) is 0 Å². The fraction of sp³-hybridized carbons (Fsp3) is 0.0333. The number of nitro groups is 1. The number of hydrogen-bond donors (Lipinski definition) is 2. The second-order valence-corrected chi connectivity index (χ2v) is 9.21. The average molecular weight is 552 g/mol. The SMILES string of the molecule is NC(=O)N1c2ccccc2C=Cc2ccccc21.O=C1CN=C(c2ccccc2Cl)c2cc([N+](=O)[O-])ccc2N1. The second kappa shape index (κ2) is 11.2. The fourth-order valence-electron chi connectivity index (χ4n) is 4.47. The molecule has 2 heterocycles. The molecule has 2 aliphatic rings. The van der Waals surface area contributed by atoms with Crippen LogP contribution in [0.25, 0.3) is 12.2 Å². The summed E-state index contributed by atoms with van der Waals surface area (Å²) >= 11 is 6.20. The molecular formula is C30H22ClN5O4. The van der Waals surface area contributed by atoms with Crippen LogP contribution in [-0.2, 0) is 4.79 Å². The first-order chi connectivity index (χ1) is 19.3. The number of rotatable bonds is 2. The van der Waals surface area contributed by atoms with E-state index in [1.165, 1.54) is 18.2 Å². The predicted octanol–water partition coefficient (Wildman–Crippen LogP) is 6.42. The van der Waals surface area contributed by atoms with Crippen molar-refractivity contribution in [3.05, 3.63) is 128 Å². The summed E-state index contributed by atoms with van der Waals surface area (Å²) in [7, 11) is 0. The van der Waals surface area contributed by atoms with Gasteiger partial charge in [0.1, 0.15) is 6.54 Å². The Bertz CT molecular complexity index is 1670. The number of nitrogens with zero attached hydrogens (tertiary/aromatic N) is 3. The lowest BCUT2D eigenvalue weighted by Gasteiger charge is -2.22. The van der Waals surface area contributed by atoms with E-state index in [0.717, 1.165) is 22.5 Å². The summed E-state index contributed by atoms with van der Waals surface area (Å²) in [4.78, 5) is 39.8. The van der Waals surface area contributed by atoms with Gasteiger partial charge in [0.25, 0.3) is 5.69 Å². The Morgan fingerprint density at radius 1 is 0.900 bits per heavy atom. The van der Waals surface area contributed by atoms with Crippen LogP contribution in [0.1, 0.15) is 22.3 Å². The molecule has 3 N–H and O–H groups in total. The first kappa shape index (κ1) is 26.3. The van der Waals surface area contributed by atoms with Gasteiger partial charge in [-0.15, -0.1) is 0 Å². The number of nitro benzene ring substituents is 1. The summed E-state index contributed by atoms with van der Waals surface area (Å²) in [6.45, 7) is -0.0664. The van der Waals surface area contributed by atoms with Crippen LogP contribution < -0.4 is 16.0 Å². The zero-order valence-electron chi connectivity index (χ0n) is 21.0. The number of aliphatic imine (C=N–C) groups is 1. The first-order valence-corrected chi connectivity index (χ1v) is 12.5. The number of fused-ring (bicyclic) bond motifs is 3. The molecule has 0 spiro atoms. The molecule has 0 bridgehead atoms. The van der Waals surface area contributed by atoms with Gasteiger partial charge in [0, 0.05) is 28.3 Å². The van der Waals surface area contributed by atoms with Crippen molar-refractivity contribution < 1.29 is 14.5 Å². The molecule has 4 aromatic carbocycles. The van der Waals surface area contributed by atoms with Gasteiger partial charge in [0.2, 0.25) is 5.91 Å². The molecule has 0 aromatic heterocycles. The third-order valence-corrected chi connectivity index (χ3v) is 6.60. The van der Waals surface area contributed by atoms with E-state index >= 15 is 0 Å². The van der Waals surface area contributed by atoms with Gasteiger partial charge >= 0.3 is 6.03 Å². The lowest BCUT2D eigenvalue weighted by Crippen LogP contribution is -2.32. The molecular weight excluding hydrogens is 530 g/mol. The predicted molar refractivity (Wildman–Crippen MR) is 157 cm³/mol. The molecule has 9 nitrogen and oxygen atoms in total. The molecule has 6 rings (SSSR count). The van der Waals surface area contributed by atoms with Gasteiger partial charge < -0.3 is 11.1 Å². The third-order valence-electron chi connectivity index (χ3n) is 6.27. The lowest BCUT2D eigenvalue weighted by atomic mass is 10.00. The molecule has 0 fully saturated rings. The van der Waals surface area contributed by atoms with Crippen molar-refractivity contribution in [3.8, 4) is 0 Å². The van der Waals surface area contributed by atoms with Gasteiger partial charge in [0.05, 0.1) is 27.7 Å². The Balaban J connectivity index is 0.000000164. The van der Waals surface area contributed by atoms with Crippen molar-refractivity contribution in [1.29, 1.82) is 0 Å². The molecule has 198 valence electrons. The number of nitrogens with two attached hydrogens (primary N) is 1. The van der Waals surface area contributed by atoms with Crippen LogP contribution >= 0.6 is 11.6 Å². The van der Waals surface area contributed by atoms with Gasteiger partial charge in [0.15, 0.2) is 0 Å². The zero-order valence-corrected chi connectivity index (χ0v) is 21.7. The van der Waals surface area contributed by atoms with Gasteiger partial charge in [-0.05, 0) is 35.4 Å². The molecule has 2 aliphatic heterocycles. The van der Waals surface area contributed by atoms with Crippen LogP contribution in [0.4, 0.5) is 27.5 Å².